The molecule has 18 heteroatoms. The van der Waals surface area contributed by atoms with Crippen LogP contribution in [0, 0.1) is 98.6 Å². The summed E-state index contributed by atoms with van der Waals surface area (Å²) in [7, 11) is 2.96. The van der Waals surface area contributed by atoms with Gasteiger partial charge in [-0.05, 0) is 338 Å². The number of aliphatic hydroxyl groups excluding tert-OH is 2. The predicted octanol–water partition coefficient (Wildman–Crippen LogP) is 8.93. The fourth-order valence-corrected chi connectivity index (χ4v) is 22.3. The Labute approximate surface area is 571 Å². The van der Waals surface area contributed by atoms with Crippen LogP contribution in [-0.4, -0.2) is 178 Å². The van der Waals surface area contributed by atoms with Crippen LogP contribution >= 0.6 is 0 Å². The van der Waals surface area contributed by atoms with Crippen LogP contribution in [-0.2, 0) is 23.9 Å². The molecule has 0 bridgehead atoms. The van der Waals surface area contributed by atoms with Gasteiger partial charge in [-0.1, -0.05) is 55.4 Å². The van der Waals surface area contributed by atoms with Crippen LogP contribution in [0.1, 0.15) is 229 Å². The van der Waals surface area contributed by atoms with Gasteiger partial charge in [-0.3, -0.25) is 14.4 Å². The molecule has 8 aliphatic rings. The summed E-state index contributed by atoms with van der Waals surface area (Å²) in [6.07, 6.45) is 29.0. The number of methoxy groups -OCH3 is 1. The normalized spacial score (nSPS) is 35.9. The number of carbonyl (C=O) groups is 4. The first-order valence-corrected chi connectivity index (χ1v) is 38.8. The molecule has 2 amide bonds. The molecule has 0 radical (unpaired) electrons. The van der Waals surface area contributed by atoms with Crippen molar-refractivity contribution in [1.29, 1.82) is 0 Å². The summed E-state index contributed by atoms with van der Waals surface area (Å²) in [4.78, 5) is 52.5. The molecule has 0 aromatic rings. The molecule has 94 heavy (non-hydrogen) atoms. The molecule has 14 N–H and O–H groups in total. The third-order valence-electron chi connectivity index (χ3n) is 27.7. The number of nitrogens with one attached hydrogen (secondary N) is 5. The van der Waals surface area contributed by atoms with E-state index in [1.807, 2.05) is 13.8 Å². The van der Waals surface area contributed by atoms with E-state index in [4.69, 9.17) is 27.0 Å². The summed E-state index contributed by atoms with van der Waals surface area (Å²) in [5.41, 5.74) is 18.2. The van der Waals surface area contributed by atoms with Crippen molar-refractivity contribution >= 4 is 23.8 Å². The van der Waals surface area contributed by atoms with Gasteiger partial charge in [0.1, 0.15) is 12.6 Å². The van der Waals surface area contributed by atoms with Crippen molar-refractivity contribution in [3.63, 3.8) is 0 Å². The Morgan fingerprint density at radius 3 is 1.45 bits per heavy atom. The molecule has 0 heterocycles. The highest BCUT2D eigenvalue weighted by Gasteiger charge is 2.65. The van der Waals surface area contributed by atoms with E-state index >= 15 is 0 Å². The molecule has 0 aromatic carbocycles. The standard InChI is InChI=1S/C39H73N5O4.C37H69N5O4/c1-26(2)36(37(47)48-6)43-34(46)13-10-27(3)30-11-12-31-35-32(15-17-39(30,31)5)38(4)16-14-29(24-28(38)25-33(35)45)42-20-9-23-44(21-7-18-40)22-8-19-41;1-26(9-12-33(44)42(4)25-34(45)46)29-10-11-30-35-31(14-16-37(29,30)3)36(2)15-13-28(23-27(36)24-32(35)43)41-22-8-21-40-19-6-5-18-39-20-7-17-38/h26-33,35-36,42,45H,7-25,40-41H2,1-6H3,(H,43,46);26-32,35,39-41,43H,5-25,38H2,1-4H3,(H,45,46)/t27-,28+,29+,30-,31?,32?,33-,35?,36+,38+,39-;26-,27+,28+,29-,30?,31?,32-,35?,36+,37-/m11/s1. The number of fused-ring (bicyclic) bond motifs is 10. The lowest BCUT2D eigenvalue weighted by Gasteiger charge is -2.62. The number of ether oxygens (including phenoxy) is 1. The summed E-state index contributed by atoms with van der Waals surface area (Å²) in [5, 5.41) is 50.5. The fraction of sp³-hybridized carbons (Fsp3) is 0.947. The molecule has 6 unspecified atom stereocenters. The van der Waals surface area contributed by atoms with Gasteiger partial charge in [-0.15, -0.1) is 0 Å². The lowest BCUT2D eigenvalue weighted by molar-refractivity contribution is -0.167. The number of unbranched alkanes of at least 4 members (excludes halogenated alkanes) is 1. The summed E-state index contributed by atoms with van der Waals surface area (Å²) >= 11 is 0. The minimum absolute atomic E-state index is 0.0157. The number of carbonyl (C=O) groups excluding carboxylic acids is 3. The molecule has 18 nitrogen and oxygen atoms in total. The van der Waals surface area contributed by atoms with E-state index in [0.717, 1.165) is 136 Å². The topological polar surface area (TPSA) is 283 Å². The number of rotatable bonds is 37. The Bertz CT molecular complexity index is 2300. The Morgan fingerprint density at radius 1 is 0.543 bits per heavy atom. The van der Waals surface area contributed by atoms with Crippen LogP contribution in [0.15, 0.2) is 0 Å². The number of nitrogens with two attached hydrogens (primary N) is 3. The van der Waals surface area contributed by atoms with Crippen molar-refractivity contribution in [2.75, 3.05) is 99.2 Å². The molecule has 0 spiro atoms. The second-order valence-corrected chi connectivity index (χ2v) is 33.6. The molecule has 0 aromatic heterocycles. The Kier molecular flexibility index (Phi) is 31.2. The average molecular weight is 1320 g/mol. The van der Waals surface area contributed by atoms with E-state index in [1.54, 1.807) is 7.05 Å². The van der Waals surface area contributed by atoms with Crippen molar-refractivity contribution in [2.24, 2.45) is 116 Å². The molecular weight excluding hydrogens is 1180 g/mol. The van der Waals surface area contributed by atoms with Crippen molar-refractivity contribution in [3.05, 3.63) is 0 Å². The largest absolute Gasteiger partial charge is 0.480 e. The van der Waals surface area contributed by atoms with Gasteiger partial charge in [0, 0.05) is 32.0 Å². The van der Waals surface area contributed by atoms with Gasteiger partial charge >= 0.3 is 11.9 Å². The number of likely N-dealkylation sites (N-methyl/N-ethyl adjacent to an activating group) is 1. The van der Waals surface area contributed by atoms with E-state index in [9.17, 15) is 29.4 Å². The number of aliphatic hydroxyl groups is 2. The molecule has 8 rings (SSSR count). The third-order valence-corrected chi connectivity index (χ3v) is 27.7. The summed E-state index contributed by atoms with van der Waals surface area (Å²) in [6, 6.07) is 0.531. The number of hydrogen-bond acceptors (Lipinski definition) is 15. The summed E-state index contributed by atoms with van der Waals surface area (Å²) in [5.74, 6) is 4.81. The molecule has 8 fully saturated rings. The quantitative estimate of drug-likeness (QED) is 0.0205. The molecule has 0 saturated heterocycles. The second-order valence-electron chi connectivity index (χ2n) is 33.6. The lowest BCUT2D eigenvalue weighted by Crippen LogP contribution is -2.59. The highest BCUT2D eigenvalue weighted by Crippen LogP contribution is 2.70. The molecule has 544 valence electrons. The molecule has 8 aliphatic carbocycles. The minimum atomic E-state index is -0.966. The van der Waals surface area contributed by atoms with Gasteiger partial charge in [-0.2, -0.15) is 0 Å². The Morgan fingerprint density at radius 2 is 0.979 bits per heavy atom. The van der Waals surface area contributed by atoms with Crippen molar-refractivity contribution < 1.29 is 39.2 Å². The first kappa shape index (κ1) is 78.8. The van der Waals surface area contributed by atoms with Crippen LogP contribution in [0.4, 0.5) is 0 Å². The lowest BCUT2D eigenvalue weighted by atomic mass is 9.43. The van der Waals surface area contributed by atoms with E-state index in [1.165, 1.54) is 115 Å². The second kappa shape index (κ2) is 37.2. The van der Waals surface area contributed by atoms with E-state index in [0.29, 0.717) is 107 Å². The van der Waals surface area contributed by atoms with Gasteiger partial charge in [-0.25, -0.2) is 4.79 Å². The van der Waals surface area contributed by atoms with Crippen molar-refractivity contribution in [1.82, 2.24) is 36.4 Å². The maximum Gasteiger partial charge on any atom is 0.328 e. The number of carboxylic acid groups (broad SMARTS) is 1. The highest BCUT2D eigenvalue weighted by molar-refractivity contribution is 5.84. The molecule has 0 aliphatic heterocycles. The van der Waals surface area contributed by atoms with Crippen molar-refractivity contribution in [3.8, 4) is 0 Å². The molecule has 8 saturated carbocycles. The third kappa shape index (κ3) is 19.7. The minimum Gasteiger partial charge on any atom is -0.480 e. The monoisotopic (exact) mass is 1320 g/mol. The number of carboxylic acids is 1. The van der Waals surface area contributed by atoms with Crippen LogP contribution in [0.5, 0.6) is 0 Å². The highest BCUT2D eigenvalue weighted by atomic mass is 16.5. The smallest absolute Gasteiger partial charge is 0.328 e. The molecule has 21 atom stereocenters. The van der Waals surface area contributed by atoms with Gasteiger partial charge in [0.15, 0.2) is 0 Å². The zero-order valence-corrected chi connectivity index (χ0v) is 61.2. The average Bonchev–Trinajstić information content (AvgIpc) is 1.34. The number of aliphatic carboxylic acids is 1. The van der Waals surface area contributed by atoms with Gasteiger partial charge in [0.25, 0.3) is 0 Å². The zero-order valence-electron chi connectivity index (χ0n) is 61.2. The van der Waals surface area contributed by atoms with Crippen LogP contribution in [0.3, 0.4) is 0 Å². The SMILES string of the molecule is COC(=O)[C@@H](NC(=O)CC[C@@H](C)[C@H]1CCC2C3C(CC[C@@]21C)[C@@]1(C)CC[C@H](NCCCN(CCCN)CCCN)C[C@H]1C[C@H]3O)C(C)C.C[C@H](CCC(=O)N(C)CC(=O)O)[C@H]1CCC2C3C(CC[C@@]21C)[C@@]1(C)CC[C@H](NCCCNCCCCNCCCN)C[C@H]1C[C@H]3O. The maximum absolute atomic E-state index is 12.9. The predicted molar refractivity (Wildman–Crippen MR) is 379 cm³/mol. The summed E-state index contributed by atoms with van der Waals surface area (Å²) < 4.78 is 4.91. The first-order chi connectivity index (χ1) is 44.9. The number of esters is 1. The molecular formula is C76H142N10O8. The first-order valence-electron chi connectivity index (χ1n) is 38.8. The Balaban J connectivity index is 0.000000266. The van der Waals surface area contributed by atoms with E-state index in [2.05, 4.69) is 73.0 Å². The van der Waals surface area contributed by atoms with E-state index < -0.39 is 12.0 Å². The Hall–Kier alpha value is -2.52. The van der Waals surface area contributed by atoms with Crippen LogP contribution < -0.4 is 43.8 Å². The fourth-order valence-electron chi connectivity index (χ4n) is 22.3. The van der Waals surface area contributed by atoms with Crippen LogP contribution in [0.2, 0.25) is 0 Å². The zero-order chi connectivity index (χ0) is 68.4. The number of amides is 2. The van der Waals surface area contributed by atoms with Crippen molar-refractivity contribution in [2.45, 2.75) is 259 Å². The number of nitrogens with zero attached hydrogens (tertiary/aromatic N) is 2. The number of hydrogen-bond donors (Lipinski definition) is 11. The van der Waals surface area contributed by atoms with Gasteiger partial charge < -0.3 is 73.6 Å². The van der Waals surface area contributed by atoms with E-state index in [-0.39, 0.29) is 53.3 Å². The van der Waals surface area contributed by atoms with Gasteiger partial charge in [0.2, 0.25) is 11.8 Å². The van der Waals surface area contributed by atoms with Crippen LogP contribution in [0.25, 0.3) is 0 Å². The summed E-state index contributed by atoms with van der Waals surface area (Å²) in [6.45, 7) is 30.3. The van der Waals surface area contributed by atoms with Gasteiger partial charge in [0.05, 0.1) is 19.3 Å². The maximum atomic E-state index is 12.9.